The van der Waals surface area contributed by atoms with Gasteiger partial charge in [0.25, 0.3) is 5.91 Å². The summed E-state index contributed by atoms with van der Waals surface area (Å²) in [5, 5.41) is 6.17. The van der Waals surface area contributed by atoms with Crippen molar-refractivity contribution in [2.24, 2.45) is 11.7 Å². The molecule has 27 heavy (non-hydrogen) atoms. The van der Waals surface area contributed by atoms with E-state index >= 15 is 0 Å². The molecule has 8 heteroatoms. The number of benzene rings is 1. The van der Waals surface area contributed by atoms with Crippen molar-refractivity contribution < 1.29 is 9.59 Å². The summed E-state index contributed by atoms with van der Waals surface area (Å²) in [6, 6.07) is 12.5. The van der Waals surface area contributed by atoms with E-state index in [2.05, 4.69) is 10.6 Å². The summed E-state index contributed by atoms with van der Waals surface area (Å²) in [4.78, 5) is 27.3. The first kappa shape index (κ1) is 21.2. The van der Waals surface area contributed by atoms with Gasteiger partial charge in [-0.2, -0.15) is 0 Å². The predicted octanol–water partition coefficient (Wildman–Crippen LogP) is 4.01. The predicted molar refractivity (Wildman–Crippen MR) is 113 cm³/mol. The maximum atomic E-state index is 12.7. The van der Waals surface area contributed by atoms with E-state index in [1.807, 2.05) is 42.2 Å². The molecule has 1 aromatic carbocycles. The first-order valence-electron chi connectivity index (χ1n) is 8.80. The van der Waals surface area contributed by atoms with Crippen molar-refractivity contribution in [2.45, 2.75) is 25.8 Å². The summed E-state index contributed by atoms with van der Waals surface area (Å²) in [6.45, 7) is 3.46. The number of nitrogens with zero attached hydrogens (tertiary/aromatic N) is 1. The van der Waals surface area contributed by atoms with Gasteiger partial charge in [0.2, 0.25) is 0 Å². The minimum Gasteiger partial charge on any atom is -0.338 e. The number of urea groups is 1. The van der Waals surface area contributed by atoms with Gasteiger partial charge in [0.05, 0.1) is 9.88 Å². The number of likely N-dealkylation sites (tertiary alicyclic amines) is 1. The summed E-state index contributed by atoms with van der Waals surface area (Å²) in [7, 11) is 0. The molecule has 2 aromatic rings. The zero-order valence-corrected chi connectivity index (χ0v) is 16.8. The topological polar surface area (TPSA) is 87.5 Å². The van der Waals surface area contributed by atoms with Gasteiger partial charge in [-0.1, -0.05) is 18.2 Å². The minimum atomic E-state index is -0.327. The van der Waals surface area contributed by atoms with Crippen LogP contribution in [0.2, 0.25) is 0 Å². The highest BCUT2D eigenvalue weighted by molar-refractivity contribution is 7.18. The van der Waals surface area contributed by atoms with Crippen molar-refractivity contribution in [3.8, 4) is 0 Å². The second kappa shape index (κ2) is 9.73. The molecule has 0 radical (unpaired) electrons. The summed E-state index contributed by atoms with van der Waals surface area (Å²) in [5.41, 5.74) is 6.72. The van der Waals surface area contributed by atoms with E-state index in [-0.39, 0.29) is 30.4 Å². The van der Waals surface area contributed by atoms with E-state index in [9.17, 15) is 9.59 Å². The lowest BCUT2D eigenvalue weighted by Gasteiger charge is -2.34. The maximum absolute atomic E-state index is 12.7. The second-order valence-electron chi connectivity index (χ2n) is 6.62. The Hall–Kier alpha value is -2.09. The molecule has 146 valence electrons. The lowest BCUT2D eigenvalue weighted by Crippen LogP contribution is -2.44. The van der Waals surface area contributed by atoms with Gasteiger partial charge in [0.15, 0.2) is 0 Å². The molecule has 0 saturated carbocycles. The second-order valence-corrected chi connectivity index (χ2v) is 7.71. The molecule has 3 amide bonds. The van der Waals surface area contributed by atoms with E-state index in [1.165, 1.54) is 11.3 Å². The molecule has 4 N–H and O–H groups in total. The number of amides is 3. The number of thiophene rings is 1. The molecule has 1 aromatic heterocycles. The van der Waals surface area contributed by atoms with Crippen molar-refractivity contribution in [3.05, 3.63) is 47.3 Å². The minimum absolute atomic E-state index is 0. The molecule has 3 rings (SSSR count). The van der Waals surface area contributed by atoms with E-state index in [0.717, 1.165) is 19.4 Å². The number of hydrogen-bond donors (Lipinski definition) is 3. The van der Waals surface area contributed by atoms with Gasteiger partial charge in [-0.25, -0.2) is 4.79 Å². The van der Waals surface area contributed by atoms with Crippen LogP contribution in [0.4, 0.5) is 15.5 Å². The number of carbonyl (C=O) groups is 2. The van der Waals surface area contributed by atoms with Crippen LogP contribution in [-0.4, -0.2) is 36.0 Å². The largest absolute Gasteiger partial charge is 0.338 e. The lowest BCUT2D eigenvalue weighted by molar-refractivity contribution is 0.0666. The van der Waals surface area contributed by atoms with Crippen LogP contribution >= 0.6 is 23.7 Å². The van der Waals surface area contributed by atoms with Gasteiger partial charge in [-0.3, -0.25) is 10.1 Å². The summed E-state index contributed by atoms with van der Waals surface area (Å²) < 4.78 is 0. The molecule has 2 heterocycles. The highest BCUT2D eigenvalue weighted by atomic mass is 35.5. The molecular weight excluding hydrogens is 384 g/mol. The lowest BCUT2D eigenvalue weighted by atomic mass is 9.92. The maximum Gasteiger partial charge on any atom is 0.324 e. The van der Waals surface area contributed by atoms with Crippen LogP contribution in [0, 0.1) is 5.92 Å². The average Bonchev–Trinajstić information content (AvgIpc) is 3.10. The quantitative estimate of drug-likeness (QED) is 0.714. The van der Waals surface area contributed by atoms with E-state index in [1.54, 1.807) is 12.1 Å². The summed E-state index contributed by atoms with van der Waals surface area (Å²) in [5.74, 6) is 0.360. The monoisotopic (exact) mass is 408 g/mol. The normalized spacial score (nSPS) is 17.6. The van der Waals surface area contributed by atoms with Crippen LogP contribution in [0.5, 0.6) is 0 Å². The number of piperidine rings is 1. The highest BCUT2D eigenvalue weighted by Gasteiger charge is 2.27. The van der Waals surface area contributed by atoms with E-state index < -0.39 is 0 Å². The first-order valence-corrected chi connectivity index (χ1v) is 9.62. The van der Waals surface area contributed by atoms with E-state index in [4.69, 9.17) is 5.73 Å². The number of rotatable bonds is 4. The van der Waals surface area contributed by atoms with Crippen molar-refractivity contribution in [1.29, 1.82) is 0 Å². The smallest absolute Gasteiger partial charge is 0.324 e. The fraction of sp³-hybridized carbons (Fsp3) is 0.368. The molecule has 1 aliphatic heterocycles. The number of halogens is 1. The van der Waals surface area contributed by atoms with Crippen molar-refractivity contribution in [3.63, 3.8) is 0 Å². The fourth-order valence-electron chi connectivity index (χ4n) is 3.10. The number of nitrogens with one attached hydrogen (secondary N) is 2. The van der Waals surface area contributed by atoms with Crippen molar-refractivity contribution in [2.75, 3.05) is 23.7 Å². The Morgan fingerprint density at radius 2 is 1.93 bits per heavy atom. The molecule has 0 bridgehead atoms. The first-order chi connectivity index (χ1) is 12.5. The van der Waals surface area contributed by atoms with Gasteiger partial charge in [0.1, 0.15) is 0 Å². The zero-order valence-electron chi connectivity index (χ0n) is 15.2. The third-order valence-electron chi connectivity index (χ3n) is 4.57. The molecule has 2 unspecified atom stereocenters. The SMILES string of the molecule is CC(N)C1CCCN(C(=O)c2ccc(NC(=O)Nc3ccccc3)s2)C1.Cl. The summed E-state index contributed by atoms with van der Waals surface area (Å²) >= 11 is 1.29. The molecule has 1 fully saturated rings. The Morgan fingerprint density at radius 1 is 1.19 bits per heavy atom. The molecular formula is C19H25ClN4O2S. The third-order valence-corrected chi connectivity index (χ3v) is 5.56. The van der Waals surface area contributed by atoms with Crippen molar-refractivity contribution >= 4 is 46.4 Å². The Balaban J connectivity index is 0.00000261. The fourth-order valence-corrected chi connectivity index (χ4v) is 3.96. The molecule has 6 nitrogen and oxygen atoms in total. The van der Waals surface area contributed by atoms with Gasteiger partial charge < -0.3 is 16.0 Å². The average molecular weight is 409 g/mol. The molecule has 2 atom stereocenters. The van der Waals surface area contributed by atoms with E-state index in [0.29, 0.717) is 28.0 Å². The number of anilines is 2. The van der Waals surface area contributed by atoms with Gasteiger partial charge in [0, 0.05) is 24.8 Å². The van der Waals surface area contributed by atoms with Crippen LogP contribution in [0.15, 0.2) is 42.5 Å². The van der Waals surface area contributed by atoms with Crippen LogP contribution in [-0.2, 0) is 0 Å². The van der Waals surface area contributed by atoms with Crippen LogP contribution in [0.25, 0.3) is 0 Å². The Kier molecular flexibility index (Phi) is 7.65. The van der Waals surface area contributed by atoms with Gasteiger partial charge in [-0.15, -0.1) is 23.7 Å². The molecule has 0 spiro atoms. The number of para-hydroxylation sites is 1. The third kappa shape index (κ3) is 5.69. The molecule has 1 aliphatic rings. The van der Waals surface area contributed by atoms with Gasteiger partial charge >= 0.3 is 6.03 Å². The Bertz CT molecular complexity index is 766. The number of nitrogens with two attached hydrogens (primary N) is 1. The highest BCUT2D eigenvalue weighted by Crippen LogP contribution is 2.26. The summed E-state index contributed by atoms with van der Waals surface area (Å²) in [6.07, 6.45) is 2.05. The Labute approximate surface area is 169 Å². The Morgan fingerprint density at radius 3 is 2.63 bits per heavy atom. The number of carbonyl (C=O) groups excluding carboxylic acids is 2. The van der Waals surface area contributed by atoms with Crippen LogP contribution in [0.3, 0.4) is 0 Å². The van der Waals surface area contributed by atoms with Crippen molar-refractivity contribution in [1.82, 2.24) is 4.90 Å². The standard InChI is InChI=1S/C19H24N4O2S.ClH/c1-13(20)14-6-5-11-23(12-14)18(24)16-9-10-17(26-16)22-19(25)21-15-7-3-2-4-8-15;/h2-4,7-10,13-14H,5-6,11-12,20H2,1H3,(H2,21,22,25);1H. The molecule has 1 saturated heterocycles. The van der Waals surface area contributed by atoms with Crippen LogP contribution in [0.1, 0.15) is 29.4 Å². The van der Waals surface area contributed by atoms with Gasteiger partial charge in [-0.05, 0) is 49.9 Å². The zero-order chi connectivity index (χ0) is 18.5. The molecule has 0 aliphatic carbocycles. The number of hydrogen-bond acceptors (Lipinski definition) is 4. The van der Waals surface area contributed by atoms with Crippen LogP contribution < -0.4 is 16.4 Å².